The highest BCUT2D eigenvalue weighted by atomic mass is 32.2. The normalized spacial score (nSPS) is 10.8. The number of imidazole rings is 1. The lowest BCUT2D eigenvalue weighted by Gasteiger charge is -2.02. The standard InChI is InChI=1S/C28H24N4O2S2/c1-34-22-14-8-13-21(17-22)23-18-36-27(29-23)30-24(33)15-16-35-28-31-25(19-9-4-2-5-10-19)26(32-28)20-11-6-3-7-12-20/h2-14,17-18H,15-16H2,1H3,(H,31,32)(H,29,30,33). The van der Waals surface area contributed by atoms with Crippen LogP contribution in [0.15, 0.2) is 95.5 Å². The minimum absolute atomic E-state index is 0.0767. The van der Waals surface area contributed by atoms with E-state index in [9.17, 15) is 4.79 Å². The fourth-order valence-corrected chi connectivity index (χ4v) is 5.25. The first-order valence-electron chi connectivity index (χ1n) is 11.4. The second-order valence-corrected chi connectivity index (χ2v) is 9.86. The first-order chi connectivity index (χ1) is 17.7. The van der Waals surface area contributed by atoms with Gasteiger partial charge in [-0.25, -0.2) is 9.97 Å². The summed E-state index contributed by atoms with van der Waals surface area (Å²) in [7, 11) is 1.64. The molecule has 1 amide bonds. The van der Waals surface area contributed by atoms with Crippen LogP contribution in [0.1, 0.15) is 6.42 Å². The van der Waals surface area contributed by atoms with Gasteiger partial charge in [-0.15, -0.1) is 11.3 Å². The van der Waals surface area contributed by atoms with Gasteiger partial charge in [0.2, 0.25) is 5.91 Å². The molecule has 5 rings (SSSR count). The fourth-order valence-electron chi connectivity index (χ4n) is 3.71. The average molecular weight is 513 g/mol. The Morgan fingerprint density at radius 3 is 2.42 bits per heavy atom. The van der Waals surface area contributed by atoms with E-state index in [4.69, 9.17) is 9.72 Å². The third-order valence-electron chi connectivity index (χ3n) is 5.48. The molecule has 0 spiro atoms. The van der Waals surface area contributed by atoms with E-state index in [-0.39, 0.29) is 5.91 Å². The molecular weight excluding hydrogens is 488 g/mol. The SMILES string of the molecule is COc1cccc(-c2csc(NC(=O)CCSc3nc(-c4ccccc4)c(-c4ccccc4)[nH]3)n2)c1. The Hall–Kier alpha value is -3.88. The molecule has 0 atom stereocenters. The zero-order valence-electron chi connectivity index (χ0n) is 19.6. The predicted molar refractivity (Wildman–Crippen MR) is 148 cm³/mol. The number of anilines is 1. The van der Waals surface area contributed by atoms with Crippen LogP contribution in [-0.4, -0.2) is 33.7 Å². The molecule has 5 aromatic rings. The van der Waals surface area contributed by atoms with E-state index in [1.54, 1.807) is 7.11 Å². The van der Waals surface area contributed by atoms with E-state index < -0.39 is 0 Å². The molecule has 0 bridgehead atoms. The molecule has 0 radical (unpaired) electrons. The minimum Gasteiger partial charge on any atom is -0.497 e. The maximum absolute atomic E-state index is 12.6. The lowest BCUT2D eigenvalue weighted by Crippen LogP contribution is -2.12. The van der Waals surface area contributed by atoms with Gasteiger partial charge in [-0.1, -0.05) is 84.6 Å². The van der Waals surface area contributed by atoms with Crippen molar-refractivity contribution in [3.05, 3.63) is 90.3 Å². The summed E-state index contributed by atoms with van der Waals surface area (Å²) in [4.78, 5) is 25.4. The Kier molecular flexibility index (Phi) is 7.44. The summed E-state index contributed by atoms with van der Waals surface area (Å²) in [5.74, 6) is 1.29. The molecule has 0 aliphatic heterocycles. The van der Waals surface area contributed by atoms with E-state index in [1.807, 2.05) is 66.0 Å². The molecule has 0 saturated heterocycles. The molecule has 6 nitrogen and oxygen atoms in total. The third-order valence-corrected chi connectivity index (χ3v) is 7.11. The van der Waals surface area contributed by atoms with Gasteiger partial charge in [-0.2, -0.15) is 0 Å². The summed E-state index contributed by atoms with van der Waals surface area (Å²) >= 11 is 2.94. The number of H-pyrrole nitrogens is 1. The Morgan fingerprint density at radius 2 is 1.67 bits per heavy atom. The number of methoxy groups -OCH3 is 1. The molecule has 0 aliphatic rings. The lowest BCUT2D eigenvalue weighted by molar-refractivity contribution is -0.115. The van der Waals surface area contributed by atoms with Crippen molar-refractivity contribution in [2.75, 3.05) is 18.2 Å². The van der Waals surface area contributed by atoms with Crippen molar-refractivity contribution < 1.29 is 9.53 Å². The van der Waals surface area contributed by atoms with Crippen LogP contribution in [0, 0.1) is 0 Å². The number of thioether (sulfide) groups is 1. The van der Waals surface area contributed by atoms with E-state index >= 15 is 0 Å². The van der Waals surface area contributed by atoms with Crippen LogP contribution in [0.2, 0.25) is 0 Å². The molecule has 3 aromatic carbocycles. The maximum Gasteiger partial charge on any atom is 0.226 e. The summed E-state index contributed by atoms with van der Waals surface area (Å²) in [6.45, 7) is 0. The van der Waals surface area contributed by atoms with Gasteiger partial charge in [-0.05, 0) is 12.1 Å². The minimum atomic E-state index is -0.0767. The number of nitrogens with one attached hydrogen (secondary N) is 2. The summed E-state index contributed by atoms with van der Waals surface area (Å²) < 4.78 is 5.28. The van der Waals surface area contributed by atoms with Gasteiger partial charge in [0.25, 0.3) is 0 Å². The molecule has 0 aliphatic carbocycles. The van der Waals surface area contributed by atoms with Crippen molar-refractivity contribution >= 4 is 34.1 Å². The molecule has 8 heteroatoms. The number of aromatic amines is 1. The number of aromatic nitrogens is 3. The van der Waals surface area contributed by atoms with Crippen LogP contribution in [0.4, 0.5) is 5.13 Å². The third kappa shape index (κ3) is 5.67. The van der Waals surface area contributed by atoms with E-state index in [1.165, 1.54) is 23.1 Å². The van der Waals surface area contributed by atoms with Crippen LogP contribution in [0.25, 0.3) is 33.8 Å². The monoisotopic (exact) mass is 512 g/mol. The van der Waals surface area contributed by atoms with Gasteiger partial charge in [0.1, 0.15) is 5.75 Å². The van der Waals surface area contributed by atoms with Gasteiger partial charge >= 0.3 is 0 Å². The Labute approximate surface area is 217 Å². The van der Waals surface area contributed by atoms with E-state index in [0.717, 1.165) is 44.7 Å². The quantitative estimate of drug-likeness (QED) is 0.208. The number of carbonyl (C=O) groups excluding carboxylic acids is 1. The molecule has 180 valence electrons. The summed E-state index contributed by atoms with van der Waals surface area (Å²) in [6, 6.07) is 28.0. The van der Waals surface area contributed by atoms with Crippen molar-refractivity contribution in [3.8, 4) is 39.5 Å². The van der Waals surface area contributed by atoms with E-state index in [0.29, 0.717) is 17.3 Å². The Morgan fingerprint density at radius 1 is 0.944 bits per heavy atom. The topological polar surface area (TPSA) is 79.9 Å². The molecule has 0 fully saturated rings. The molecule has 2 heterocycles. The lowest BCUT2D eigenvalue weighted by atomic mass is 10.1. The van der Waals surface area contributed by atoms with Gasteiger partial charge in [0.15, 0.2) is 10.3 Å². The molecular formula is C28H24N4O2S2. The van der Waals surface area contributed by atoms with Gasteiger partial charge in [0, 0.05) is 34.2 Å². The molecule has 2 N–H and O–H groups in total. The number of amides is 1. The van der Waals surface area contributed by atoms with Gasteiger partial charge < -0.3 is 15.0 Å². The fraction of sp³-hybridized carbons (Fsp3) is 0.107. The van der Waals surface area contributed by atoms with Gasteiger partial charge in [-0.3, -0.25) is 4.79 Å². The average Bonchev–Trinajstić information content (AvgIpc) is 3.57. The number of ether oxygens (including phenoxy) is 1. The number of hydrogen-bond acceptors (Lipinski definition) is 6. The van der Waals surface area contributed by atoms with Crippen molar-refractivity contribution in [2.24, 2.45) is 0 Å². The summed E-state index contributed by atoms with van der Waals surface area (Å²) in [5.41, 5.74) is 5.75. The highest BCUT2D eigenvalue weighted by Crippen LogP contribution is 2.33. The van der Waals surface area contributed by atoms with Crippen LogP contribution in [0.5, 0.6) is 5.75 Å². The molecule has 0 unspecified atom stereocenters. The van der Waals surface area contributed by atoms with Crippen LogP contribution < -0.4 is 10.1 Å². The van der Waals surface area contributed by atoms with Gasteiger partial charge in [0.05, 0.1) is 24.2 Å². The zero-order chi connectivity index (χ0) is 24.7. The number of thiazole rings is 1. The second kappa shape index (κ2) is 11.2. The Balaban J connectivity index is 1.22. The van der Waals surface area contributed by atoms with Crippen molar-refractivity contribution in [3.63, 3.8) is 0 Å². The highest BCUT2D eigenvalue weighted by Gasteiger charge is 2.15. The largest absolute Gasteiger partial charge is 0.497 e. The molecule has 36 heavy (non-hydrogen) atoms. The second-order valence-electron chi connectivity index (χ2n) is 7.91. The van der Waals surface area contributed by atoms with E-state index in [2.05, 4.69) is 39.6 Å². The zero-order valence-corrected chi connectivity index (χ0v) is 21.2. The number of nitrogens with zero attached hydrogens (tertiary/aromatic N) is 2. The predicted octanol–water partition coefficient (Wildman–Crippen LogP) is 7.00. The van der Waals surface area contributed by atoms with Crippen molar-refractivity contribution in [2.45, 2.75) is 11.6 Å². The number of carbonyl (C=O) groups is 1. The highest BCUT2D eigenvalue weighted by molar-refractivity contribution is 7.99. The van der Waals surface area contributed by atoms with Crippen molar-refractivity contribution in [1.82, 2.24) is 15.0 Å². The first-order valence-corrected chi connectivity index (χ1v) is 13.3. The van der Waals surface area contributed by atoms with Crippen LogP contribution in [0.3, 0.4) is 0 Å². The molecule has 0 saturated carbocycles. The maximum atomic E-state index is 12.6. The van der Waals surface area contributed by atoms with Crippen LogP contribution >= 0.6 is 23.1 Å². The smallest absolute Gasteiger partial charge is 0.226 e. The summed E-state index contributed by atoms with van der Waals surface area (Å²) in [6.07, 6.45) is 0.348. The number of hydrogen-bond donors (Lipinski definition) is 2. The first kappa shape index (κ1) is 23.8. The molecule has 2 aromatic heterocycles. The van der Waals surface area contributed by atoms with Crippen LogP contribution in [-0.2, 0) is 4.79 Å². The Bertz CT molecular complexity index is 1390. The summed E-state index contributed by atoms with van der Waals surface area (Å²) in [5, 5.41) is 6.21. The van der Waals surface area contributed by atoms with Crippen molar-refractivity contribution in [1.29, 1.82) is 0 Å². The number of rotatable bonds is 9. The number of benzene rings is 3.